The average molecular weight is 327 g/mol. The molecule has 0 N–H and O–H groups in total. The molecule has 1 unspecified atom stereocenters. The lowest BCUT2D eigenvalue weighted by Crippen LogP contribution is -2.47. The van der Waals surface area contributed by atoms with Crippen LogP contribution < -0.4 is 0 Å². The molecule has 1 atom stereocenters. The Hall–Kier alpha value is -2.13. The molecule has 2 rings (SSSR count). The zero-order chi connectivity index (χ0) is 17.8. The summed E-state index contributed by atoms with van der Waals surface area (Å²) in [7, 11) is 0. The van der Waals surface area contributed by atoms with E-state index >= 15 is 0 Å². The van der Waals surface area contributed by atoms with E-state index < -0.39 is 6.10 Å². The van der Waals surface area contributed by atoms with Crippen molar-refractivity contribution in [2.75, 3.05) is 13.2 Å². The summed E-state index contributed by atoms with van der Waals surface area (Å²) in [5, 5.41) is 0. The van der Waals surface area contributed by atoms with Gasteiger partial charge in [0.15, 0.2) is 0 Å². The Balaban J connectivity index is 0.00000139. The summed E-state index contributed by atoms with van der Waals surface area (Å²) >= 11 is 0. The van der Waals surface area contributed by atoms with Crippen LogP contribution in [0, 0.1) is 0 Å². The molecular weight excluding hydrogens is 298 g/mol. The number of ether oxygens (including phenoxy) is 1. The van der Waals surface area contributed by atoms with Crippen LogP contribution in [0.3, 0.4) is 0 Å². The van der Waals surface area contributed by atoms with Crippen LogP contribution in [0.15, 0.2) is 66.8 Å². The van der Waals surface area contributed by atoms with Crippen molar-refractivity contribution in [3.05, 3.63) is 72.4 Å². The summed E-state index contributed by atoms with van der Waals surface area (Å²) in [6.45, 7) is 11.6. The van der Waals surface area contributed by atoms with Gasteiger partial charge in [-0.1, -0.05) is 75.1 Å². The lowest BCUT2D eigenvalue weighted by atomic mass is 10.0. The topological polar surface area (TPSA) is 29.5 Å². The van der Waals surface area contributed by atoms with Gasteiger partial charge in [-0.25, -0.2) is 0 Å². The highest BCUT2D eigenvalue weighted by Gasteiger charge is 2.29. The normalized spacial score (nSPS) is 18.3. The predicted octanol–water partition coefficient (Wildman–Crippen LogP) is 4.52. The van der Waals surface area contributed by atoms with E-state index in [2.05, 4.69) is 6.58 Å². The van der Waals surface area contributed by atoms with Gasteiger partial charge >= 0.3 is 0 Å². The molecule has 130 valence electrons. The second-order valence-corrected chi connectivity index (χ2v) is 5.29. The molecule has 0 spiro atoms. The molecule has 1 aromatic rings. The molecule has 0 bridgehead atoms. The maximum absolute atomic E-state index is 12.6. The Morgan fingerprint density at radius 1 is 1.33 bits per heavy atom. The number of morpholine rings is 1. The molecule has 1 saturated heterocycles. The second-order valence-electron chi connectivity index (χ2n) is 5.29. The lowest BCUT2D eigenvalue weighted by Gasteiger charge is -2.32. The van der Waals surface area contributed by atoms with Crippen LogP contribution >= 0.6 is 0 Å². The van der Waals surface area contributed by atoms with Gasteiger partial charge in [0.25, 0.3) is 5.91 Å². The fourth-order valence-electron chi connectivity index (χ4n) is 2.57. The monoisotopic (exact) mass is 327 g/mol. The van der Waals surface area contributed by atoms with Crippen molar-refractivity contribution in [1.29, 1.82) is 0 Å². The number of nitrogens with zero attached hydrogens (tertiary/aromatic N) is 1. The van der Waals surface area contributed by atoms with Gasteiger partial charge in [0.2, 0.25) is 0 Å². The average Bonchev–Trinajstić information content (AvgIpc) is 2.61. The number of benzene rings is 1. The Morgan fingerprint density at radius 2 is 2.04 bits per heavy atom. The molecule has 24 heavy (non-hydrogen) atoms. The SMILES string of the molecule is C=C/C=C(\C=C/C)CC1OCCN(Cc2ccccc2)C1=O.CC. The number of carbonyl (C=O) groups excluding carboxylic acids is 1. The zero-order valence-corrected chi connectivity index (χ0v) is 15.1. The van der Waals surface area contributed by atoms with Gasteiger partial charge in [-0.3, -0.25) is 4.79 Å². The molecule has 3 heteroatoms. The van der Waals surface area contributed by atoms with Crippen molar-refractivity contribution >= 4 is 5.91 Å². The third-order valence-electron chi connectivity index (χ3n) is 3.62. The lowest BCUT2D eigenvalue weighted by molar-refractivity contribution is -0.153. The van der Waals surface area contributed by atoms with Crippen molar-refractivity contribution in [2.24, 2.45) is 0 Å². The van der Waals surface area contributed by atoms with Crippen molar-refractivity contribution < 1.29 is 9.53 Å². The van der Waals surface area contributed by atoms with E-state index in [1.54, 1.807) is 6.08 Å². The highest BCUT2D eigenvalue weighted by atomic mass is 16.5. The number of rotatable bonds is 6. The van der Waals surface area contributed by atoms with Gasteiger partial charge in [0.1, 0.15) is 6.10 Å². The number of allylic oxidation sites excluding steroid dienone is 4. The minimum Gasteiger partial charge on any atom is -0.366 e. The molecular formula is C21H29NO2. The first-order valence-corrected chi connectivity index (χ1v) is 8.63. The fourth-order valence-corrected chi connectivity index (χ4v) is 2.57. The molecule has 0 aromatic heterocycles. The number of hydrogen-bond acceptors (Lipinski definition) is 2. The third kappa shape index (κ3) is 6.17. The van der Waals surface area contributed by atoms with Gasteiger partial charge in [-0.15, -0.1) is 0 Å². The first-order valence-electron chi connectivity index (χ1n) is 8.63. The maximum atomic E-state index is 12.6. The summed E-state index contributed by atoms with van der Waals surface area (Å²) in [4.78, 5) is 14.5. The van der Waals surface area contributed by atoms with Gasteiger partial charge in [0.05, 0.1) is 6.61 Å². The Kier molecular flexibility index (Phi) is 9.47. The minimum absolute atomic E-state index is 0.0644. The predicted molar refractivity (Wildman–Crippen MR) is 101 cm³/mol. The molecule has 0 radical (unpaired) electrons. The molecule has 0 aliphatic carbocycles. The van der Waals surface area contributed by atoms with Crippen molar-refractivity contribution in [3.8, 4) is 0 Å². The standard InChI is InChI=1S/C19H23NO2.C2H6/c1-3-8-16(9-4-2)14-18-19(21)20(12-13-22-18)15-17-10-6-5-7-11-17;1-2/h3-11,18H,1,12-15H2,2H3;1-2H3/b9-4-,16-8+;. The quantitative estimate of drug-likeness (QED) is 0.719. The summed E-state index contributed by atoms with van der Waals surface area (Å²) in [5.41, 5.74) is 2.20. The van der Waals surface area contributed by atoms with Crippen LogP contribution in [0.2, 0.25) is 0 Å². The van der Waals surface area contributed by atoms with Gasteiger partial charge in [-0.2, -0.15) is 0 Å². The van der Waals surface area contributed by atoms with Crippen LogP contribution in [0.25, 0.3) is 0 Å². The largest absolute Gasteiger partial charge is 0.366 e. The first-order chi connectivity index (χ1) is 11.7. The van der Waals surface area contributed by atoms with E-state index in [0.29, 0.717) is 26.1 Å². The summed E-state index contributed by atoms with van der Waals surface area (Å²) in [6, 6.07) is 10.1. The Morgan fingerprint density at radius 3 is 2.67 bits per heavy atom. The van der Waals surface area contributed by atoms with Crippen LogP contribution in [0.5, 0.6) is 0 Å². The smallest absolute Gasteiger partial charge is 0.252 e. The first kappa shape index (κ1) is 19.9. The fraction of sp³-hybridized carbons (Fsp3) is 0.381. The zero-order valence-electron chi connectivity index (χ0n) is 15.1. The Bertz CT molecular complexity index is 560. The van der Waals surface area contributed by atoms with Gasteiger partial charge in [-0.05, 0) is 18.1 Å². The van der Waals surface area contributed by atoms with Crippen molar-refractivity contribution in [1.82, 2.24) is 4.90 Å². The maximum Gasteiger partial charge on any atom is 0.252 e. The Labute approximate surface area is 146 Å². The van der Waals surface area contributed by atoms with E-state index in [0.717, 1.165) is 11.1 Å². The van der Waals surface area contributed by atoms with Crippen LogP contribution in [0.4, 0.5) is 0 Å². The van der Waals surface area contributed by atoms with Gasteiger partial charge in [0, 0.05) is 19.5 Å². The number of hydrogen-bond donors (Lipinski definition) is 0. The molecule has 1 fully saturated rings. The van der Waals surface area contributed by atoms with E-state index in [1.807, 2.05) is 74.2 Å². The minimum atomic E-state index is -0.403. The van der Waals surface area contributed by atoms with Crippen LogP contribution in [-0.2, 0) is 16.1 Å². The summed E-state index contributed by atoms with van der Waals surface area (Å²) in [5.74, 6) is 0.0644. The second kappa shape index (κ2) is 11.4. The van der Waals surface area contributed by atoms with E-state index in [-0.39, 0.29) is 5.91 Å². The molecule has 1 amide bonds. The summed E-state index contributed by atoms with van der Waals surface area (Å²) in [6.07, 6.45) is 7.80. The molecule has 3 nitrogen and oxygen atoms in total. The van der Waals surface area contributed by atoms with Crippen molar-refractivity contribution in [3.63, 3.8) is 0 Å². The molecule has 1 aliphatic heterocycles. The highest BCUT2D eigenvalue weighted by Crippen LogP contribution is 2.18. The van der Waals surface area contributed by atoms with E-state index in [9.17, 15) is 4.79 Å². The molecule has 0 saturated carbocycles. The van der Waals surface area contributed by atoms with Gasteiger partial charge < -0.3 is 9.64 Å². The number of amides is 1. The number of carbonyl (C=O) groups is 1. The molecule has 1 heterocycles. The molecule has 1 aliphatic rings. The highest BCUT2D eigenvalue weighted by molar-refractivity contribution is 5.82. The van der Waals surface area contributed by atoms with Crippen LogP contribution in [-0.4, -0.2) is 30.1 Å². The van der Waals surface area contributed by atoms with E-state index in [4.69, 9.17) is 4.74 Å². The third-order valence-corrected chi connectivity index (χ3v) is 3.62. The summed E-state index contributed by atoms with van der Waals surface area (Å²) < 4.78 is 5.68. The van der Waals surface area contributed by atoms with E-state index in [1.165, 1.54) is 0 Å². The van der Waals surface area contributed by atoms with Crippen LogP contribution in [0.1, 0.15) is 32.8 Å². The molecule has 1 aromatic carbocycles. The van der Waals surface area contributed by atoms with Crippen molar-refractivity contribution in [2.45, 2.75) is 39.8 Å².